The number of hydrogen-bond donors (Lipinski definition) is 2. The molecule has 0 saturated heterocycles. The Bertz CT molecular complexity index is 647. The van der Waals surface area contributed by atoms with Gasteiger partial charge in [-0.05, 0) is 25.1 Å². The molecule has 2 aromatic rings. The minimum atomic E-state index is -0.525. The van der Waals surface area contributed by atoms with Gasteiger partial charge in [-0.15, -0.1) is 0 Å². The molecule has 2 N–H and O–H groups in total. The van der Waals surface area contributed by atoms with Crippen molar-refractivity contribution in [1.82, 2.24) is 4.98 Å². The number of rotatable bonds is 5. The van der Waals surface area contributed by atoms with Crippen molar-refractivity contribution < 1.29 is 13.9 Å². The maximum atomic E-state index is 13.7. The van der Waals surface area contributed by atoms with E-state index in [-0.39, 0.29) is 5.69 Å². The molecule has 0 aliphatic heterocycles. The van der Waals surface area contributed by atoms with E-state index in [0.717, 1.165) is 0 Å². The Kier molecular flexibility index (Phi) is 4.71. The Morgan fingerprint density at radius 3 is 2.86 bits per heavy atom. The van der Waals surface area contributed by atoms with Crippen molar-refractivity contribution in [3.63, 3.8) is 0 Å². The summed E-state index contributed by atoms with van der Waals surface area (Å²) < 4.78 is 18.8. The predicted octanol–water partition coefficient (Wildman–Crippen LogP) is 2.91. The molecule has 2 rings (SSSR count). The van der Waals surface area contributed by atoms with Crippen LogP contribution in [0.15, 0.2) is 36.7 Å². The van der Waals surface area contributed by atoms with Gasteiger partial charge in [0.1, 0.15) is 11.6 Å². The van der Waals surface area contributed by atoms with Crippen molar-refractivity contribution >= 4 is 17.3 Å². The average molecular weight is 289 g/mol. The lowest BCUT2D eigenvalue weighted by Crippen LogP contribution is -2.16. The Morgan fingerprint density at radius 1 is 1.33 bits per heavy atom. The molecule has 0 fully saturated rings. The molecule has 0 aliphatic rings. The molecule has 1 heterocycles. The number of hydrogen-bond acceptors (Lipinski definition) is 4. The summed E-state index contributed by atoms with van der Waals surface area (Å²) in [6.45, 7) is 2.57. The number of methoxy groups -OCH3 is 1. The van der Waals surface area contributed by atoms with E-state index in [1.165, 1.54) is 31.5 Å². The molecule has 6 heteroatoms. The summed E-state index contributed by atoms with van der Waals surface area (Å²) in [4.78, 5) is 16.2. The van der Waals surface area contributed by atoms with Crippen molar-refractivity contribution in [2.45, 2.75) is 6.92 Å². The lowest BCUT2D eigenvalue weighted by atomic mass is 10.2. The van der Waals surface area contributed by atoms with Crippen molar-refractivity contribution in [3.05, 3.63) is 48.0 Å². The van der Waals surface area contributed by atoms with E-state index in [4.69, 9.17) is 4.74 Å². The minimum absolute atomic E-state index is 0.0682. The van der Waals surface area contributed by atoms with Gasteiger partial charge in [0.2, 0.25) is 0 Å². The molecule has 0 atom stereocenters. The largest absolute Gasteiger partial charge is 0.497 e. The summed E-state index contributed by atoms with van der Waals surface area (Å²) >= 11 is 0. The van der Waals surface area contributed by atoms with Gasteiger partial charge in [0.05, 0.1) is 30.2 Å². The van der Waals surface area contributed by atoms with E-state index in [2.05, 4.69) is 15.6 Å². The second-order valence-electron chi connectivity index (χ2n) is 4.25. The maximum Gasteiger partial charge on any atom is 0.257 e. The first-order valence-electron chi connectivity index (χ1n) is 6.48. The summed E-state index contributed by atoms with van der Waals surface area (Å²) in [7, 11) is 1.48. The van der Waals surface area contributed by atoms with Crippen LogP contribution in [0, 0.1) is 5.82 Å². The number of halogens is 1. The standard InChI is InChI=1S/C15H16FN3O2/c1-3-18-14-9-17-7-6-11(14)15(20)19-13-8-10(21-2)4-5-12(13)16/h4-9,18H,3H2,1-2H3,(H,19,20). The van der Waals surface area contributed by atoms with E-state index in [1.807, 2.05) is 6.92 Å². The van der Waals surface area contributed by atoms with Crippen LogP contribution in [0.25, 0.3) is 0 Å². The fourth-order valence-electron chi connectivity index (χ4n) is 1.84. The average Bonchev–Trinajstić information content (AvgIpc) is 2.50. The van der Waals surface area contributed by atoms with Crippen molar-refractivity contribution in [3.8, 4) is 5.75 Å². The zero-order chi connectivity index (χ0) is 15.2. The summed E-state index contributed by atoms with van der Waals surface area (Å²) in [5.74, 6) is -0.475. The van der Waals surface area contributed by atoms with E-state index in [9.17, 15) is 9.18 Å². The van der Waals surface area contributed by atoms with Gasteiger partial charge < -0.3 is 15.4 Å². The molecule has 1 aromatic carbocycles. The quantitative estimate of drug-likeness (QED) is 0.888. The first kappa shape index (κ1) is 14.8. The summed E-state index contributed by atoms with van der Waals surface area (Å²) in [6.07, 6.45) is 3.07. The lowest BCUT2D eigenvalue weighted by molar-refractivity contribution is 0.102. The molecule has 1 amide bonds. The van der Waals surface area contributed by atoms with E-state index in [0.29, 0.717) is 23.5 Å². The number of nitrogens with one attached hydrogen (secondary N) is 2. The van der Waals surface area contributed by atoms with Crippen LogP contribution in [0.2, 0.25) is 0 Å². The zero-order valence-electron chi connectivity index (χ0n) is 11.8. The van der Waals surface area contributed by atoms with Gasteiger partial charge in [0.25, 0.3) is 5.91 Å². The molecule has 0 saturated carbocycles. The molecule has 0 bridgehead atoms. The van der Waals surface area contributed by atoms with Gasteiger partial charge in [-0.3, -0.25) is 9.78 Å². The molecule has 21 heavy (non-hydrogen) atoms. The minimum Gasteiger partial charge on any atom is -0.497 e. The predicted molar refractivity (Wildman–Crippen MR) is 79.3 cm³/mol. The Balaban J connectivity index is 2.26. The molecular weight excluding hydrogens is 273 g/mol. The van der Waals surface area contributed by atoms with E-state index < -0.39 is 11.7 Å². The highest BCUT2D eigenvalue weighted by Gasteiger charge is 2.13. The number of aromatic nitrogens is 1. The third-order valence-corrected chi connectivity index (χ3v) is 2.85. The number of benzene rings is 1. The second-order valence-corrected chi connectivity index (χ2v) is 4.25. The normalized spacial score (nSPS) is 10.0. The van der Waals surface area contributed by atoms with Gasteiger partial charge in [-0.1, -0.05) is 0 Å². The molecule has 5 nitrogen and oxygen atoms in total. The van der Waals surface area contributed by atoms with Crippen molar-refractivity contribution in [2.24, 2.45) is 0 Å². The monoisotopic (exact) mass is 289 g/mol. The fourth-order valence-corrected chi connectivity index (χ4v) is 1.84. The molecule has 0 spiro atoms. The van der Waals surface area contributed by atoms with Crippen molar-refractivity contribution in [2.75, 3.05) is 24.3 Å². The Morgan fingerprint density at radius 2 is 2.14 bits per heavy atom. The third kappa shape index (κ3) is 3.47. The first-order chi connectivity index (χ1) is 10.2. The second kappa shape index (κ2) is 6.69. The number of pyridine rings is 1. The van der Waals surface area contributed by atoms with Crippen LogP contribution in [-0.2, 0) is 0 Å². The topological polar surface area (TPSA) is 63.2 Å². The lowest BCUT2D eigenvalue weighted by Gasteiger charge is -2.11. The summed E-state index contributed by atoms with van der Waals surface area (Å²) in [5.41, 5.74) is 1.06. The number of amides is 1. The van der Waals surface area contributed by atoms with E-state index in [1.54, 1.807) is 12.3 Å². The summed E-state index contributed by atoms with van der Waals surface area (Å²) in [6, 6.07) is 5.74. The number of ether oxygens (including phenoxy) is 1. The van der Waals surface area contributed by atoms with Crippen LogP contribution in [0.5, 0.6) is 5.75 Å². The zero-order valence-corrected chi connectivity index (χ0v) is 11.8. The SMILES string of the molecule is CCNc1cnccc1C(=O)Nc1cc(OC)ccc1F. The van der Waals surface area contributed by atoms with E-state index >= 15 is 0 Å². The first-order valence-corrected chi connectivity index (χ1v) is 6.48. The Labute approximate surface area is 122 Å². The van der Waals surface area contributed by atoms with Crippen LogP contribution in [0.3, 0.4) is 0 Å². The number of anilines is 2. The van der Waals surface area contributed by atoms with Gasteiger partial charge in [0, 0.05) is 18.8 Å². The van der Waals surface area contributed by atoms with Gasteiger partial charge in [-0.25, -0.2) is 4.39 Å². The number of carbonyl (C=O) groups excluding carboxylic acids is 1. The molecule has 0 radical (unpaired) electrons. The van der Waals surface area contributed by atoms with Crippen LogP contribution in [0.1, 0.15) is 17.3 Å². The van der Waals surface area contributed by atoms with Crippen LogP contribution in [-0.4, -0.2) is 24.5 Å². The Hall–Kier alpha value is -2.63. The number of nitrogens with zero attached hydrogens (tertiary/aromatic N) is 1. The summed E-state index contributed by atoms with van der Waals surface area (Å²) in [5, 5.41) is 5.58. The van der Waals surface area contributed by atoms with Gasteiger partial charge in [-0.2, -0.15) is 0 Å². The van der Waals surface area contributed by atoms with Gasteiger partial charge in [0.15, 0.2) is 0 Å². The third-order valence-electron chi connectivity index (χ3n) is 2.85. The molecule has 0 unspecified atom stereocenters. The fraction of sp³-hybridized carbons (Fsp3) is 0.200. The molecule has 110 valence electrons. The smallest absolute Gasteiger partial charge is 0.257 e. The highest BCUT2D eigenvalue weighted by Crippen LogP contribution is 2.23. The number of carbonyl (C=O) groups is 1. The van der Waals surface area contributed by atoms with Crippen LogP contribution >= 0.6 is 0 Å². The van der Waals surface area contributed by atoms with Crippen LogP contribution < -0.4 is 15.4 Å². The molecular formula is C15H16FN3O2. The van der Waals surface area contributed by atoms with Crippen LogP contribution in [0.4, 0.5) is 15.8 Å². The highest BCUT2D eigenvalue weighted by atomic mass is 19.1. The highest BCUT2D eigenvalue weighted by molar-refractivity contribution is 6.08. The molecule has 0 aliphatic carbocycles. The van der Waals surface area contributed by atoms with Gasteiger partial charge >= 0.3 is 0 Å². The molecule has 1 aromatic heterocycles. The maximum absolute atomic E-state index is 13.7. The van der Waals surface area contributed by atoms with Crippen molar-refractivity contribution in [1.29, 1.82) is 0 Å².